The molecule has 176 valence electrons. The van der Waals surface area contributed by atoms with Crippen LogP contribution in [0.15, 0.2) is 59.7 Å². The third kappa shape index (κ3) is 3.72. The van der Waals surface area contributed by atoms with Gasteiger partial charge in [0.25, 0.3) is 5.56 Å². The Labute approximate surface area is 200 Å². The van der Waals surface area contributed by atoms with Crippen LogP contribution in [-0.4, -0.2) is 32.1 Å². The highest BCUT2D eigenvalue weighted by Gasteiger charge is 2.34. The number of aryl methyl sites for hydroxylation is 2. The average Bonchev–Trinajstić information content (AvgIpc) is 3.41. The fraction of sp³-hybridized carbons (Fsp3) is 0.357. The smallest absolute Gasteiger partial charge is 0.258 e. The number of hydrogen-bond acceptors (Lipinski definition) is 4. The van der Waals surface area contributed by atoms with Gasteiger partial charge in [0.1, 0.15) is 12.4 Å². The maximum atomic E-state index is 12.9. The largest absolute Gasteiger partial charge is 0.487 e. The van der Waals surface area contributed by atoms with Gasteiger partial charge in [0.2, 0.25) is 0 Å². The summed E-state index contributed by atoms with van der Waals surface area (Å²) >= 11 is 0. The van der Waals surface area contributed by atoms with E-state index in [9.17, 15) is 4.79 Å². The van der Waals surface area contributed by atoms with Crippen LogP contribution in [0.3, 0.4) is 0 Å². The summed E-state index contributed by atoms with van der Waals surface area (Å²) in [6.07, 6.45) is 7.23. The second-order valence-corrected chi connectivity index (χ2v) is 9.25. The van der Waals surface area contributed by atoms with Gasteiger partial charge in [0, 0.05) is 55.6 Å². The summed E-state index contributed by atoms with van der Waals surface area (Å²) < 4.78 is 9.82. The van der Waals surface area contributed by atoms with E-state index in [1.807, 2.05) is 31.3 Å². The minimum Gasteiger partial charge on any atom is -0.487 e. The molecule has 0 amide bonds. The average molecular weight is 457 g/mol. The molecular formula is C28H32N4O2. The maximum absolute atomic E-state index is 12.9. The van der Waals surface area contributed by atoms with Gasteiger partial charge in [-0.05, 0) is 61.7 Å². The van der Waals surface area contributed by atoms with Crippen LogP contribution in [0.2, 0.25) is 0 Å². The number of nitrogens with zero attached hydrogens (tertiary/aromatic N) is 4. The van der Waals surface area contributed by atoms with E-state index in [2.05, 4.69) is 39.7 Å². The molecular weight excluding hydrogens is 424 g/mol. The Morgan fingerprint density at radius 2 is 2.00 bits per heavy atom. The first kappa shape index (κ1) is 22.4. The van der Waals surface area contributed by atoms with Gasteiger partial charge in [-0.3, -0.25) is 19.2 Å². The van der Waals surface area contributed by atoms with Gasteiger partial charge in [-0.25, -0.2) is 0 Å². The van der Waals surface area contributed by atoms with Crippen molar-refractivity contribution in [1.29, 1.82) is 0 Å². The van der Waals surface area contributed by atoms with Crippen molar-refractivity contribution in [1.82, 2.24) is 19.0 Å². The van der Waals surface area contributed by atoms with Crippen LogP contribution in [0, 0.1) is 6.92 Å². The molecule has 1 aromatic carbocycles. The van der Waals surface area contributed by atoms with E-state index in [1.165, 1.54) is 41.5 Å². The second kappa shape index (κ2) is 8.76. The quantitative estimate of drug-likeness (QED) is 0.436. The van der Waals surface area contributed by atoms with Crippen LogP contribution >= 0.6 is 0 Å². The lowest BCUT2D eigenvalue weighted by molar-refractivity contribution is 0.242. The zero-order valence-electron chi connectivity index (χ0n) is 19.1. The summed E-state index contributed by atoms with van der Waals surface area (Å²) in [5.74, 6) is 0.551. The predicted octanol–water partition coefficient (Wildman–Crippen LogP) is 4.94. The van der Waals surface area contributed by atoms with Gasteiger partial charge in [0.15, 0.2) is 0 Å². The Bertz CT molecular complexity index is 1400. The highest BCUT2D eigenvalue weighted by atomic mass is 16.5. The second-order valence-electron chi connectivity index (χ2n) is 9.25. The fourth-order valence-corrected chi connectivity index (χ4v) is 5.51. The number of aromatic nitrogens is 3. The summed E-state index contributed by atoms with van der Waals surface area (Å²) in [5, 5.41) is 1.33. The van der Waals surface area contributed by atoms with Crippen LogP contribution in [0.5, 0.6) is 5.75 Å². The molecule has 6 nitrogen and oxygen atoms in total. The molecule has 34 heavy (non-hydrogen) atoms. The first-order chi connectivity index (χ1) is 16.1. The lowest BCUT2D eigenvalue weighted by Gasteiger charge is -2.30. The first-order valence-electron chi connectivity index (χ1n) is 11.7. The molecule has 1 saturated heterocycles. The van der Waals surface area contributed by atoms with E-state index in [0.29, 0.717) is 18.4 Å². The zero-order chi connectivity index (χ0) is 22.5. The molecule has 0 aliphatic carbocycles. The number of ether oxygens (including phenoxy) is 1. The summed E-state index contributed by atoms with van der Waals surface area (Å²) in [7, 11) is 2.16. The number of hydrogen-bond donors (Lipinski definition) is 0. The molecule has 0 radical (unpaired) electrons. The number of fused-ring (bicyclic) bond motifs is 5. The summed E-state index contributed by atoms with van der Waals surface area (Å²) in [5.41, 5.74) is 6.87. The summed E-state index contributed by atoms with van der Waals surface area (Å²) in [6.45, 7) is 4.70. The Kier molecular flexibility index (Phi) is 5.78. The topological polar surface area (TPSA) is 52.3 Å². The van der Waals surface area contributed by atoms with E-state index in [-0.39, 0.29) is 13.0 Å². The zero-order valence-corrected chi connectivity index (χ0v) is 19.1. The molecule has 3 aromatic heterocycles. The van der Waals surface area contributed by atoms with E-state index in [4.69, 9.17) is 4.74 Å². The minimum absolute atomic E-state index is 0. The lowest BCUT2D eigenvalue weighted by Crippen LogP contribution is -2.31. The first-order valence-corrected chi connectivity index (χ1v) is 11.7. The molecule has 5 heterocycles. The molecule has 6 rings (SSSR count). The van der Waals surface area contributed by atoms with Crippen molar-refractivity contribution in [3.63, 3.8) is 0 Å². The van der Waals surface area contributed by atoms with Crippen molar-refractivity contribution < 1.29 is 4.74 Å². The molecule has 4 aromatic rings. The normalized spacial score (nSPS) is 17.3. The SMILES string of the molecule is C.Cc1ccc(COc2ccn(-c3ccc4c5c(n(C)c4c3)CCN3CCCC53)c(=O)c2)nc1. The van der Waals surface area contributed by atoms with E-state index in [0.717, 1.165) is 29.9 Å². The number of rotatable bonds is 4. The fourth-order valence-electron chi connectivity index (χ4n) is 5.51. The lowest BCUT2D eigenvalue weighted by atomic mass is 9.96. The monoisotopic (exact) mass is 456 g/mol. The van der Waals surface area contributed by atoms with E-state index < -0.39 is 0 Å². The third-order valence-corrected chi connectivity index (χ3v) is 7.21. The molecule has 0 N–H and O–H groups in total. The van der Waals surface area contributed by atoms with E-state index in [1.54, 1.807) is 16.8 Å². The summed E-state index contributed by atoms with van der Waals surface area (Å²) in [6, 6.07) is 14.3. The Morgan fingerprint density at radius 3 is 2.79 bits per heavy atom. The molecule has 6 heteroatoms. The molecule has 0 bridgehead atoms. The number of pyridine rings is 2. The highest BCUT2D eigenvalue weighted by Crippen LogP contribution is 2.42. The Balaban J connectivity index is 0.00000241. The van der Waals surface area contributed by atoms with Crippen molar-refractivity contribution >= 4 is 10.9 Å². The van der Waals surface area contributed by atoms with Crippen LogP contribution in [0.4, 0.5) is 0 Å². The van der Waals surface area contributed by atoms with Gasteiger partial charge in [-0.1, -0.05) is 19.6 Å². The maximum Gasteiger partial charge on any atom is 0.258 e. The van der Waals surface area contributed by atoms with Crippen molar-refractivity contribution in [2.45, 2.75) is 46.3 Å². The van der Waals surface area contributed by atoms with Gasteiger partial charge in [-0.2, -0.15) is 0 Å². The molecule has 2 aliphatic rings. The van der Waals surface area contributed by atoms with Crippen molar-refractivity contribution in [2.75, 3.05) is 13.1 Å². The molecule has 1 atom stereocenters. The molecule has 2 aliphatic heterocycles. The van der Waals surface area contributed by atoms with Crippen molar-refractivity contribution in [3.05, 3.63) is 87.7 Å². The highest BCUT2D eigenvalue weighted by molar-refractivity contribution is 5.88. The summed E-state index contributed by atoms with van der Waals surface area (Å²) in [4.78, 5) is 19.9. The van der Waals surface area contributed by atoms with Gasteiger partial charge in [-0.15, -0.1) is 0 Å². The standard InChI is InChI=1S/C27H28N4O2.CH4/c1-18-5-6-19(28-16-18)17-33-21-9-13-31(26(32)15-21)20-7-8-22-25(14-20)29(2)23-10-12-30-11-3-4-24(30)27(22)23;/h5-9,13-16,24H,3-4,10-12,17H2,1-2H3;1H4. The van der Waals surface area contributed by atoms with E-state index >= 15 is 0 Å². The van der Waals surface area contributed by atoms with Crippen LogP contribution < -0.4 is 10.3 Å². The molecule has 0 saturated carbocycles. The van der Waals surface area contributed by atoms with Gasteiger partial charge >= 0.3 is 0 Å². The van der Waals surface area contributed by atoms with Crippen LogP contribution in [0.1, 0.15) is 48.8 Å². The minimum atomic E-state index is -0.107. The Morgan fingerprint density at radius 1 is 1.12 bits per heavy atom. The Hall–Kier alpha value is -3.38. The van der Waals surface area contributed by atoms with Crippen LogP contribution in [-0.2, 0) is 20.1 Å². The molecule has 1 fully saturated rings. The molecule has 0 spiro atoms. The predicted molar refractivity (Wildman–Crippen MR) is 136 cm³/mol. The van der Waals surface area contributed by atoms with Crippen molar-refractivity contribution in [2.24, 2.45) is 7.05 Å². The number of benzene rings is 1. The van der Waals surface area contributed by atoms with Crippen molar-refractivity contribution in [3.8, 4) is 11.4 Å². The van der Waals surface area contributed by atoms with Gasteiger partial charge in [0.05, 0.1) is 16.9 Å². The van der Waals surface area contributed by atoms with Crippen LogP contribution in [0.25, 0.3) is 16.6 Å². The molecule has 1 unspecified atom stereocenters. The van der Waals surface area contributed by atoms with Gasteiger partial charge < -0.3 is 9.30 Å². The third-order valence-electron chi connectivity index (χ3n) is 7.21.